The summed E-state index contributed by atoms with van der Waals surface area (Å²) in [5, 5.41) is 5.69. The number of aromatic nitrogens is 3. The van der Waals surface area contributed by atoms with Crippen molar-refractivity contribution in [3.05, 3.63) is 76.2 Å². The second kappa shape index (κ2) is 8.74. The van der Waals surface area contributed by atoms with E-state index in [0.29, 0.717) is 18.8 Å². The number of ether oxygens (including phenoxy) is 1. The molecule has 168 valence electrons. The van der Waals surface area contributed by atoms with Crippen molar-refractivity contribution in [1.29, 1.82) is 0 Å². The van der Waals surface area contributed by atoms with Gasteiger partial charge in [-0.2, -0.15) is 13.9 Å². The van der Waals surface area contributed by atoms with E-state index in [0.717, 1.165) is 32.4 Å². The first kappa shape index (κ1) is 21.3. The van der Waals surface area contributed by atoms with Crippen LogP contribution in [-0.4, -0.2) is 32.2 Å². The van der Waals surface area contributed by atoms with Crippen LogP contribution in [-0.2, 0) is 24.4 Å². The van der Waals surface area contributed by atoms with Gasteiger partial charge in [0.15, 0.2) is 0 Å². The Balaban J connectivity index is 1.42. The second-order valence-electron chi connectivity index (χ2n) is 7.69. The predicted octanol–water partition coefficient (Wildman–Crippen LogP) is 5.13. The SMILES string of the molecule is Cc1nc2c(s1)CN(C(=O)Cn1nc(-c3ccc(OC(F)F)cc3)cc1-c1ccccc1)C2. The Morgan fingerprint density at radius 2 is 1.85 bits per heavy atom. The molecule has 2 aromatic heterocycles. The van der Waals surface area contributed by atoms with Crippen LogP contribution >= 0.6 is 11.3 Å². The molecule has 0 N–H and O–H groups in total. The molecule has 1 aliphatic heterocycles. The zero-order valence-corrected chi connectivity index (χ0v) is 18.6. The standard InChI is InChI=1S/C24H20F2N4O2S/c1-15-27-20-12-29(13-22(20)33-15)23(31)14-30-21(17-5-3-2-4-6-17)11-19(28-30)16-7-9-18(10-8-16)32-24(25)26/h2-11,24H,12-14H2,1H3. The number of alkyl halides is 2. The minimum Gasteiger partial charge on any atom is -0.435 e. The van der Waals surface area contributed by atoms with Crippen molar-refractivity contribution in [1.82, 2.24) is 19.7 Å². The number of halogens is 2. The molecule has 0 atom stereocenters. The molecule has 0 fully saturated rings. The lowest BCUT2D eigenvalue weighted by molar-refractivity contribution is -0.132. The van der Waals surface area contributed by atoms with Crippen LogP contribution in [0.3, 0.4) is 0 Å². The maximum atomic E-state index is 13.1. The molecule has 0 saturated heterocycles. The summed E-state index contributed by atoms with van der Waals surface area (Å²) in [5.41, 5.74) is 4.09. The molecule has 6 nitrogen and oxygen atoms in total. The third kappa shape index (κ3) is 4.49. The number of hydrogen-bond donors (Lipinski definition) is 0. The number of thiazole rings is 1. The molecule has 0 unspecified atom stereocenters. The first-order valence-electron chi connectivity index (χ1n) is 10.4. The van der Waals surface area contributed by atoms with Gasteiger partial charge < -0.3 is 9.64 Å². The molecule has 3 heterocycles. The third-order valence-electron chi connectivity index (χ3n) is 5.42. The van der Waals surface area contributed by atoms with Crippen LogP contribution in [0, 0.1) is 6.92 Å². The van der Waals surface area contributed by atoms with E-state index in [1.807, 2.05) is 43.3 Å². The highest BCUT2D eigenvalue weighted by atomic mass is 32.1. The van der Waals surface area contributed by atoms with Crippen LogP contribution < -0.4 is 4.74 Å². The molecule has 0 saturated carbocycles. The van der Waals surface area contributed by atoms with Crippen molar-refractivity contribution in [2.24, 2.45) is 0 Å². The highest BCUT2D eigenvalue weighted by Gasteiger charge is 2.27. The van der Waals surface area contributed by atoms with Gasteiger partial charge in [0.2, 0.25) is 5.91 Å². The van der Waals surface area contributed by atoms with Crippen molar-refractivity contribution in [3.63, 3.8) is 0 Å². The molecule has 0 aliphatic carbocycles. The van der Waals surface area contributed by atoms with Gasteiger partial charge in [0.05, 0.1) is 35.2 Å². The van der Waals surface area contributed by atoms with E-state index in [1.165, 1.54) is 12.1 Å². The van der Waals surface area contributed by atoms with Crippen LogP contribution in [0.2, 0.25) is 0 Å². The minimum absolute atomic E-state index is 0.0367. The largest absolute Gasteiger partial charge is 0.435 e. The molecule has 2 aromatic carbocycles. The van der Waals surface area contributed by atoms with Gasteiger partial charge >= 0.3 is 6.61 Å². The third-order valence-corrected chi connectivity index (χ3v) is 6.42. The Morgan fingerprint density at radius 1 is 1.09 bits per heavy atom. The molecular formula is C24H20F2N4O2S. The number of hydrogen-bond acceptors (Lipinski definition) is 5. The summed E-state index contributed by atoms with van der Waals surface area (Å²) >= 11 is 1.63. The van der Waals surface area contributed by atoms with Gasteiger partial charge in [-0.25, -0.2) is 4.98 Å². The fourth-order valence-electron chi connectivity index (χ4n) is 3.90. The van der Waals surface area contributed by atoms with Crippen molar-refractivity contribution >= 4 is 17.2 Å². The van der Waals surface area contributed by atoms with Crippen molar-refractivity contribution in [2.75, 3.05) is 0 Å². The highest BCUT2D eigenvalue weighted by Crippen LogP contribution is 2.30. The Hall–Kier alpha value is -3.59. The maximum absolute atomic E-state index is 13.1. The summed E-state index contributed by atoms with van der Waals surface area (Å²) < 4.78 is 31.0. The lowest BCUT2D eigenvalue weighted by atomic mass is 10.1. The fraction of sp³-hybridized carbons (Fsp3) is 0.208. The van der Waals surface area contributed by atoms with Crippen molar-refractivity contribution in [3.8, 4) is 28.3 Å². The Bertz CT molecular complexity index is 1260. The van der Waals surface area contributed by atoms with Gasteiger partial charge in [-0.15, -0.1) is 11.3 Å². The number of aryl methyl sites for hydroxylation is 1. The fourth-order valence-corrected chi connectivity index (χ4v) is 4.86. The summed E-state index contributed by atoms with van der Waals surface area (Å²) in [4.78, 5) is 20.5. The summed E-state index contributed by atoms with van der Waals surface area (Å²) in [6, 6.07) is 17.9. The van der Waals surface area contributed by atoms with Crippen LogP contribution in [0.25, 0.3) is 22.5 Å². The van der Waals surface area contributed by atoms with Gasteiger partial charge in [-0.1, -0.05) is 30.3 Å². The predicted molar refractivity (Wildman–Crippen MR) is 121 cm³/mol. The summed E-state index contributed by atoms with van der Waals surface area (Å²) in [7, 11) is 0. The summed E-state index contributed by atoms with van der Waals surface area (Å²) in [6.07, 6.45) is 0. The zero-order valence-electron chi connectivity index (χ0n) is 17.7. The number of amides is 1. The molecular weight excluding hydrogens is 446 g/mol. The van der Waals surface area contributed by atoms with Gasteiger partial charge in [-0.05, 0) is 42.8 Å². The number of nitrogens with zero attached hydrogens (tertiary/aromatic N) is 4. The van der Waals surface area contributed by atoms with E-state index in [9.17, 15) is 13.6 Å². The highest BCUT2D eigenvalue weighted by molar-refractivity contribution is 7.11. The average Bonchev–Trinajstić information content (AvgIpc) is 3.47. The number of carbonyl (C=O) groups excluding carboxylic acids is 1. The van der Waals surface area contributed by atoms with E-state index in [1.54, 1.807) is 33.1 Å². The molecule has 1 amide bonds. The Kier molecular flexibility index (Phi) is 5.63. The Morgan fingerprint density at radius 3 is 2.55 bits per heavy atom. The molecule has 33 heavy (non-hydrogen) atoms. The van der Waals surface area contributed by atoms with E-state index in [4.69, 9.17) is 0 Å². The maximum Gasteiger partial charge on any atom is 0.387 e. The summed E-state index contributed by atoms with van der Waals surface area (Å²) in [5.74, 6) is 0.0438. The Labute approximate surface area is 193 Å². The second-order valence-corrected chi connectivity index (χ2v) is 8.98. The number of carbonyl (C=O) groups is 1. The number of fused-ring (bicyclic) bond motifs is 1. The van der Waals surface area contributed by atoms with Crippen LogP contribution in [0.1, 0.15) is 15.6 Å². The molecule has 0 bridgehead atoms. The van der Waals surface area contributed by atoms with E-state index < -0.39 is 6.61 Å². The molecule has 1 aliphatic rings. The molecule has 9 heteroatoms. The smallest absolute Gasteiger partial charge is 0.387 e. The summed E-state index contributed by atoms with van der Waals surface area (Å²) in [6.45, 7) is 0.266. The molecule has 5 rings (SSSR count). The van der Waals surface area contributed by atoms with Gasteiger partial charge in [-0.3, -0.25) is 9.48 Å². The van der Waals surface area contributed by atoms with Gasteiger partial charge in [0, 0.05) is 10.4 Å². The van der Waals surface area contributed by atoms with Gasteiger partial charge in [0.1, 0.15) is 12.3 Å². The van der Waals surface area contributed by atoms with E-state index in [-0.39, 0.29) is 18.2 Å². The van der Waals surface area contributed by atoms with Crippen LogP contribution in [0.4, 0.5) is 8.78 Å². The van der Waals surface area contributed by atoms with Gasteiger partial charge in [0.25, 0.3) is 0 Å². The molecule has 0 radical (unpaired) electrons. The van der Waals surface area contributed by atoms with E-state index >= 15 is 0 Å². The number of benzene rings is 2. The normalized spacial score (nSPS) is 12.9. The monoisotopic (exact) mass is 466 g/mol. The lowest BCUT2D eigenvalue weighted by Gasteiger charge is -2.16. The quantitative estimate of drug-likeness (QED) is 0.396. The van der Waals surface area contributed by atoms with Crippen LogP contribution in [0.5, 0.6) is 5.75 Å². The molecule has 0 spiro atoms. The van der Waals surface area contributed by atoms with Crippen molar-refractivity contribution < 1.29 is 18.3 Å². The first-order chi connectivity index (χ1) is 16.0. The minimum atomic E-state index is -2.87. The lowest BCUT2D eigenvalue weighted by Crippen LogP contribution is -2.30. The van der Waals surface area contributed by atoms with Crippen molar-refractivity contribution in [2.45, 2.75) is 33.2 Å². The average molecular weight is 467 g/mol. The molecule has 4 aromatic rings. The topological polar surface area (TPSA) is 60.2 Å². The van der Waals surface area contributed by atoms with Crippen LogP contribution in [0.15, 0.2) is 60.7 Å². The number of rotatable bonds is 6. The zero-order chi connectivity index (χ0) is 22.9. The first-order valence-corrected chi connectivity index (χ1v) is 11.2. The van der Waals surface area contributed by atoms with E-state index in [2.05, 4.69) is 14.8 Å².